The van der Waals surface area contributed by atoms with Gasteiger partial charge in [0.1, 0.15) is 30.2 Å². The number of hydrogen-bond donors (Lipinski definition) is 2. The molecule has 0 radical (unpaired) electrons. The van der Waals surface area contributed by atoms with Crippen LogP contribution in [0.2, 0.25) is 0 Å². The van der Waals surface area contributed by atoms with E-state index in [1.165, 1.54) is 6.07 Å². The lowest BCUT2D eigenvalue weighted by atomic mass is 9.95. The molecule has 4 saturated heterocycles. The average Bonchev–Trinajstić information content (AvgIpc) is 3.61. The number of benzene rings is 3. The van der Waals surface area contributed by atoms with Gasteiger partial charge in [0.15, 0.2) is 0 Å². The Morgan fingerprint density at radius 3 is 2.68 bits per heavy atom. The lowest BCUT2D eigenvalue weighted by Gasteiger charge is -2.34. The quantitative estimate of drug-likeness (QED) is 0.350. The average molecular weight is 558 g/mol. The number of alkyl halides is 1. The Balaban J connectivity index is 1.24. The van der Waals surface area contributed by atoms with Crippen molar-refractivity contribution in [1.82, 2.24) is 20.2 Å². The Morgan fingerprint density at radius 2 is 1.83 bits per heavy atom. The van der Waals surface area contributed by atoms with Crippen LogP contribution in [0, 0.1) is 5.82 Å². The molecule has 2 N–H and O–H groups in total. The molecule has 8 rings (SSSR count). The number of phenols is 1. The standard InChI is InChI=1S/C32H33F2N5O2/c33-20-14-32(8-3-9-39(32)15-20)18-41-31-36-29-13-26(25-11-23(40)10-19-4-1-2-5-24(19)25)28(34)12-27(29)30(37-31)38-16-21-6-7-22(17-38)35-21/h1-2,4-5,10-13,20-22,35,40H,3,6-9,14-18H2/t20-,21-,22+,32+/m1/s1. The summed E-state index contributed by atoms with van der Waals surface area (Å²) in [5.74, 6) is 0.348. The third-order valence-electron chi connectivity index (χ3n) is 9.63. The lowest BCUT2D eigenvalue weighted by Crippen LogP contribution is -2.51. The molecule has 41 heavy (non-hydrogen) atoms. The summed E-state index contributed by atoms with van der Waals surface area (Å²) in [6, 6.07) is 15.2. The van der Waals surface area contributed by atoms with Crippen LogP contribution in [0.15, 0.2) is 48.5 Å². The number of nitrogens with zero attached hydrogens (tertiary/aromatic N) is 4. The van der Waals surface area contributed by atoms with E-state index < -0.39 is 12.0 Å². The van der Waals surface area contributed by atoms with Crippen molar-refractivity contribution in [2.45, 2.75) is 55.9 Å². The number of piperazine rings is 1. The summed E-state index contributed by atoms with van der Waals surface area (Å²) in [5, 5.41) is 16.4. The summed E-state index contributed by atoms with van der Waals surface area (Å²) in [4.78, 5) is 14.1. The predicted octanol–water partition coefficient (Wildman–Crippen LogP) is 5.19. The van der Waals surface area contributed by atoms with Gasteiger partial charge in [0, 0.05) is 49.1 Å². The molecule has 4 aliphatic heterocycles. The van der Waals surface area contributed by atoms with Gasteiger partial charge in [-0.1, -0.05) is 24.3 Å². The highest BCUT2D eigenvalue weighted by molar-refractivity contribution is 6.01. The largest absolute Gasteiger partial charge is 0.508 e. The van der Waals surface area contributed by atoms with Gasteiger partial charge >= 0.3 is 6.01 Å². The highest BCUT2D eigenvalue weighted by Crippen LogP contribution is 2.41. The first-order chi connectivity index (χ1) is 19.9. The van der Waals surface area contributed by atoms with E-state index in [2.05, 4.69) is 15.1 Å². The van der Waals surface area contributed by atoms with Gasteiger partial charge in [0.05, 0.1) is 11.1 Å². The third-order valence-corrected chi connectivity index (χ3v) is 9.63. The number of anilines is 1. The van der Waals surface area contributed by atoms with Gasteiger partial charge in [0.2, 0.25) is 0 Å². The van der Waals surface area contributed by atoms with Crippen molar-refractivity contribution in [3.63, 3.8) is 0 Å². The van der Waals surface area contributed by atoms with Crippen molar-refractivity contribution < 1.29 is 18.6 Å². The number of aromatic nitrogens is 2. The van der Waals surface area contributed by atoms with E-state index >= 15 is 4.39 Å². The number of aromatic hydroxyl groups is 1. The third kappa shape index (κ3) is 4.28. The van der Waals surface area contributed by atoms with E-state index in [0.717, 1.165) is 56.1 Å². The molecule has 212 valence electrons. The van der Waals surface area contributed by atoms with E-state index in [0.29, 0.717) is 59.5 Å². The first-order valence-electron chi connectivity index (χ1n) is 14.7. The van der Waals surface area contributed by atoms with Crippen LogP contribution in [0.25, 0.3) is 32.8 Å². The normalized spacial score (nSPS) is 27.7. The van der Waals surface area contributed by atoms with E-state index in [-0.39, 0.29) is 17.3 Å². The van der Waals surface area contributed by atoms with Crippen LogP contribution >= 0.6 is 0 Å². The van der Waals surface area contributed by atoms with Crippen molar-refractivity contribution in [3.8, 4) is 22.9 Å². The summed E-state index contributed by atoms with van der Waals surface area (Å²) >= 11 is 0. The maximum atomic E-state index is 16.0. The van der Waals surface area contributed by atoms with Crippen LogP contribution in [0.3, 0.4) is 0 Å². The molecule has 0 aliphatic carbocycles. The van der Waals surface area contributed by atoms with Gasteiger partial charge in [0.25, 0.3) is 0 Å². The number of halogens is 2. The number of rotatable bonds is 5. The molecule has 4 aromatic rings. The van der Waals surface area contributed by atoms with Crippen molar-refractivity contribution in [2.24, 2.45) is 0 Å². The molecule has 1 aromatic heterocycles. The summed E-state index contributed by atoms with van der Waals surface area (Å²) in [7, 11) is 0. The van der Waals surface area contributed by atoms with Crippen LogP contribution < -0.4 is 15.0 Å². The summed E-state index contributed by atoms with van der Waals surface area (Å²) in [6.45, 7) is 3.24. The molecule has 9 heteroatoms. The van der Waals surface area contributed by atoms with Gasteiger partial charge in [-0.25, -0.2) is 8.78 Å². The number of hydrogen-bond acceptors (Lipinski definition) is 7. The Labute approximate surface area is 237 Å². The summed E-state index contributed by atoms with van der Waals surface area (Å²) < 4.78 is 36.7. The molecule has 3 aromatic carbocycles. The maximum Gasteiger partial charge on any atom is 0.319 e. The maximum absolute atomic E-state index is 16.0. The molecular formula is C32H33F2N5O2. The van der Waals surface area contributed by atoms with Crippen molar-refractivity contribution in [2.75, 3.05) is 37.7 Å². The van der Waals surface area contributed by atoms with Gasteiger partial charge in [-0.15, -0.1) is 0 Å². The van der Waals surface area contributed by atoms with Gasteiger partial charge in [-0.05, 0) is 72.8 Å². The van der Waals surface area contributed by atoms with Crippen molar-refractivity contribution in [3.05, 3.63) is 54.3 Å². The van der Waals surface area contributed by atoms with E-state index in [4.69, 9.17) is 14.7 Å². The van der Waals surface area contributed by atoms with Crippen LogP contribution in [0.5, 0.6) is 11.8 Å². The zero-order valence-electron chi connectivity index (χ0n) is 22.8. The number of fused-ring (bicyclic) bond motifs is 5. The minimum absolute atomic E-state index is 0.0741. The Hall–Kier alpha value is -3.56. The van der Waals surface area contributed by atoms with Crippen molar-refractivity contribution >= 4 is 27.5 Å². The van der Waals surface area contributed by atoms with E-state index in [1.54, 1.807) is 18.2 Å². The molecule has 4 aliphatic rings. The predicted molar refractivity (Wildman–Crippen MR) is 155 cm³/mol. The molecule has 5 heterocycles. The van der Waals surface area contributed by atoms with Gasteiger partial charge < -0.3 is 20.1 Å². The molecule has 2 bridgehead atoms. The Morgan fingerprint density at radius 1 is 1.00 bits per heavy atom. The second kappa shape index (κ2) is 9.49. The number of ether oxygens (including phenoxy) is 1. The molecule has 0 saturated carbocycles. The molecule has 4 atom stereocenters. The van der Waals surface area contributed by atoms with E-state index in [1.807, 2.05) is 24.3 Å². The zero-order chi connectivity index (χ0) is 27.7. The zero-order valence-corrected chi connectivity index (χ0v) is 22.8. The van der Waals surface area contributed by atoms with Crippen molar-refractivity contribution in [1.29, 1.82) is 0 Å². The number of nitrogens with one attached hydrogen (secondary N) is 1. The second-order valence-electron chi connectivity index (χ2n) is 12.3. The first kappa shape index (κ1) is 25.2. The fourth-order valence-corrected chi connectivity index (χ4v) is 7.76. The first-order valence-corrected chi connectivity index (χ1v) is 14.7. The summed E-state index contributed by atoms with van der Waals surface area (Å²) in [5.41, 5.74) is 1.22. The molecule has 4 fully saturated rings. The van der Waals surface area contributed by atoms with Crippen LogP contribution in [-0.4, -0.2) is 76.6 Å². The fourth-order valence-electron chi connectivity index (χ4n) is 7.76. The molecule has 0 unspecified atom stereocenters. The fraction of sp³-hybridized carbons (Fsp3) is 0.438. The van der Waals surface area contributed by atoms with Crippen LogP contribution in [0.1, 0.15) is 32.1 Å². The lowest BCUT2D eigenvalue weighted by molar-refractivity contribution is 0.107. The highest BCUT2D eigenvalue weighted by Gasteiger charge is 2.49. The molecule has 0 spiro atoms. The van der Waals surface area contributed by atoms with Crippen LogP contribution in [-0.2, 0) is 0 Å². The SMILES string of the molecule is Oc1cc(-c2cc3nc(OC[C@@]45CCCN4C[C@H](F)C5)nc(N4C[C@H]5CC[C@@H](C4)N5)c3cc2F)c2ccccc2c1. The number of phenolic OH excluding ortho intramolecular Hbond substituents is 1. The monoisotopic (exact) mass is 557 g/mol. The highest BCUT2D eigenvalue weighted by atomic mass is 19.1. The minimum atomic E-state index is -0.842. The molecule has 0 amide bonds. The smallest absolute Gasteiger partial charge is 0.319 e. The summed E-state index contributed by atoms with van der Waals surface area (Å²) in [6.07, 6.45) is 3.78. The second-order valence-corrected chi connectivity index (χ2v) is 12.3. The van der Waals surface area contributed by atoms with Crippen LogP contribution in [0.4, 0.5) is 14.6 Å². The molecular weight excluding hydrogens is 524 g/mol. The Kier molecular flexibility index (Phi) is 5.83. The van der Waals surface area contributed by atoms with E-state index in [9.17, 15) is 9.50 Å². The topological polar surface area (TPSA) is 73.8 Å². The van der Waals surface area contributed by atoms with Gasteiger partial charge in [-0.3, -0.25) is 4.90 Å². The van der Waals surface area contributed by atoms with Gasteiger partial charge in [-0.2, -0.15) is 9.97 Å². The minimum Gasteiger partial charge on any atom is -0.508 e. The molecule has 7 nitrogen and oxygen atoms in total. The Bertz CT molecular complexity index is 1650.